The van der Waals surface area contributed by atoms with Crippen LogP contribution in [0, 0.1) is 6.42 Å². The number of unbranched alkanes of at least 4 members (excludes halogenated alkanes) is 2. The molecule has 2 rings (SSSR count). The van der Waals surface area contributed by atoms with Crippen LogP contribution in [0.3, 0.4) is 0 Å². The van der Waals surface area contributed by atoms with Crippen LogP contribution in [0.2, 0.25) is 0 Å². The molecule has 0 bridgehead atoms. The van der Waals surface area contributed by atoms with Crippen molar-refractivity contribution < 1.29 is 9.21 Å². The predicted molar refractivity (Wildman–Crippen MR) is 71.5 cm³/mol. The third kappa shape index (κ3) is 4.30. The molecule has 2 heterocycles. The molecule has 1 aromatic heterocycles. The van der Waals surface area contributed by atoms with Gasteiger partial charge in [-0.1, -0.05) is 6.42 Å². The first kappa shape index (κ1) is 13.3. The second-order valence-corrected chi connectivity index (χ2v) is 4.95. The number of carbonyl (C=O) groups excluding carboxylic acids is 1. The van der Waals surface area contributed by atoms with Crippen LogP contribution in [0.1, 0.15) is 48.9 Å². The fraction of sp³-hybridized carbons (Fsp3) is 0.600. The van der Waals surface area contributed by atoms with Gasteiger partial charge in [0.05, 0.1) is 11.8 Å². The Balaban J connectivity index is 1.52. The Morgan fingerprint density at radius 1 is 1.22 bits per heavy atom. The number of ketones is 1. The first-order chi connectivity index (χ1) is 8.86. The van der Waals surface area contributed by atoms with E-state index < -0.39 is 0 Å². The summed E-state index contributed by atoms with van der Waals surface area (Å²) >= 11 is 0. The summed E-state index contributed by atoms with van der Waals surface area (Å²) in [6.45, 7) is 3.62. The summed E-state index contributed by atoms with van der Waals surface area (Å²) in [6.07, 6.45) is 11.9. The molecule has 3 heteroatoms. The molecular formula is C15H22NO2. The van der Waals surface area contributed by atoms with Gasteiger partial charge in [-0.25, -0.2) is 0 Å². The van der Waals surface area contributed by atoms with E-state index in [1.807, 2.05) is 0 Å². The van der Waals surface area contributed by atoms with Crippen LogP contribution in [0.25, 0.3) is 0 Å². The molecule has 3 nitrogen and oxygen atoms in total. The van der Waals surface area contributed by atoms with Crippen molar-refractivity contribution in [3.8, 4) is 0 Å². The maximum atomic E-state index is 11.7. The molecule has 0 atom stereocenters. The van der Waals surface area contributed by atoms with Crippen LogP contribution in [0.5, 0.6) is 0 Å². The topological polar surface area (TPSA) is 33.5 Å². The quantitative estimate of drug-likeness (QED) is 0.548. The number of Topliss-reactive ketones (excluding diaryl/α,β-unsaturated/α-hetero) is 1. The van der Waals surface area contributed by atoms with Gasteiger partial charge in [0.2, 0.25) is 0 Å². The Bertz CT molecular complexity index is 339. The minimum atomic E-state index is 0.205. The van der Waals surface area contributed by atoms with Crippen molar-refractivity contribution in [3.63, 3.8) is 0 Å². The Hall–Kier alpha value is -1.09. The van der Waals surface area contributed by atoms with Gasteiger partial charge < -0.3 is 9.32 Å². The normalized spacial score (nSPS) is 16.9. The van der Waals surface area contributed by atoms with E-state index in [-0.39, 0.29) is 5.78 Å². The minimum absolute atomic E-state index is 0.205. The van der Waals surface area contributed by atoms with Crippen molar-refractivity contribution in [1.29, 1.82) is 0 Å². The van der Waals surface area contributed by atoms with Crippen LogP contribution in [0.4, 0.5) is 0 Å². The maximum absolute atomic E-state index is 11.7. The first-order valence-corrected chi connectivity index (χ1v) is 6.95. The fourth-order valence-corrected chi connectivity index (χ4v) is 2.39. The lowest BCUT2D eigenvalue weighted by Gasteiger charge is -2.26. The monoisotopic (exact) mass is 248 g/mol. The van der Waals surface area contributed by atoms with Crippen molar-refractivity contribution in [3.05, 3.63) is 30.6 Å². The number of piperidine rings is 1. The van der Waals surface area contributed by atoms with Gasteiger partial charge in [0.1, 0.15) is 6.26 Å². The summed E-state index contributed by atoms with van der Waals surface area (Å²) in [5, 5.41) is 0. The van der Waals surface area contributed by atoms with Gasteiger partial charge >= 0.3 is 0 Å². The number of rotatable bonds is 7. The van der Waals surface area contributed by atoms with Gasteiger partial charge in [-0.05, 0) is 57.8 Å². The summed E-state index contributed by atoms with van der Waals surface area (Å²) in [7, 11) is 0. The Morgan fingerprint density at radius 3 is 2.78 bits per heavy atom. The van der Waals surface area contributed by atoms with Crippen LogP contribution >= 0.6 is 0 Å². The molecular weight excluding hydrogens is 226 g/mol. The van der Waals surface area contributed by atoms with Gasteiger partial charge in [-0.3, -0.25) is 4.79 Å². The van der Waals surface area contributed by atoms with Gasteiger partial charge in [-0.2, -0.15) is 0 Å². The average Bonchev–Trinajstić information content (AvgIpc) is 2.93. The summed E-state index contributed by atoms with van der Waals surface area (Å²) in [6, 6.07) is 1.74. The highest BCUT2D eigenvalue weighted by Crippen LogP contribution is 2.11. The Kier molecular flexibility index (Phi) is 5.46. The van der Waals surface area contributed by atoms with E-state index in [0.717, 1.165) is 12.8 Å². The van der Waals surface area contributed by atoms with E-state index in [0.29, 0.717) is 12.0 Å². The molecule has 0 amide bonds. The molecule has 0 unspecified atom stereocenters. The molecule has 0 aliphatic carbocycles. The second kappa shape index (κ2) is 7.37. The van der Waals surface area contributed by atoms with Crippen molar-refractivity contribution in [2.45, 2.75) is 38.5 Å². The molecule has 1 fully saturated rings. The number of carbonyl (C=O) groups is 1. The largest absolute Gasteiger partial charge is 0.472 e. The molecule has 1 aromatic rings. The standard InChI is InChI=1S/C15H22NO2/c17-15(14-8-12-18-13-14)7-3-1-4-9-16-10-5-2-6-11-16/h2,8,12-13H,1,3-7,9-11H2. The van der Waals surface area contributed by atoms with Gasteiger partial charge in [-0.15, -0.1) is 0 Å². The number of nitrogens with zero attached hydrogens (tertiary/aromatic N) is 1. The lowest BCUT2D eigenvalue weighted by atomic mass is 10.1. The zero-order chi connectivity index (χ0) is 12.6. The molecule has 1 aliphatic heterocycles. The van der Waals surface area contributed by atoms with Crippen molar-refractivity contribution in [2.24, 2.45) is 0 Å². The molecule has 0 aromatic carbocycles. The maximum Gasteiger partial charge on any atom is 0.166 e. The van der Waals surface area contributed by atoms with E-state index in [4.69, 9.17) is 4.42 Å². The second-order valence-electron chi connectivity index (χ2n) is 4.95. The van der Waals surface area contributed by atoms with E-state index in [2.05, 4.69) is 11.3 Å². The van der Waals surface area contributed by atoms with E-state index in [1.54, 1.807) is 12.3 Å². The average molecular weight is 248 g/mol. The molecule has 1 aliphatic rings. The molecule has 0 spiro atoms. The molecule has 18 heavy (non-hydrogen) atoms. The molecule has 1 radical (unpaired) electrons. The number of furan rings is 1. The van der Waals surface area contributed by atoms with E-state index >= 15 is 0 Å². The van der Waals surface area contributed by atoms with Crippen LogP contribution < -0.4 is 0 Å². The van der Waals surface area contributed by atoms with Crippen LogP contribution in [-0.2, 0) is 0 Å². The zero-order valence-corrected chi connectivity index (χ0v) is 10.9. The fourth-order valence-electron chi connectivity index (χ4n) is 2.39. The summed E-state index contributed by atoms with van der Waals surface area (Å²) in [5.74, 6) is 0.205. The lowest BCUT2D eigenvalue weighted by molar-refractivity contribution is 0.0978. The van der Waals surface area contributed by atoms with E-state index in [1.165, 1.54) is 45.2 Å². The number of hydrogen-bond donors (Lipinski definition) is 0. The van der Waals surface area contributed by atoms with Crippen molar-refractivity contribution in [2.75, 3.05) is 19.6 Å². The summed E-state index contributed by atoms with van der Waals surface area (Å²) in [5.41, 5.74) is 0.710. The van der Waals surface area contributed by atoms with Crippen molar-refractivity contribution in [1.82, 2.24) is 4.90 Å². The zero-order valence-electron chi connectivity index (χ0n) is 10.9. The van der Waals surface area contributed by atoms with E-state index in [9.17, 15) is 4.79 Å². The Morgan fingerprint density at radius 2 is 2.06 bits per heavy atom. The summed E-state index contributed by atoms with van der Waals surface area (Å²) in [4.78, 5) is 14.2. The molecule has 1 saturated heterocycles. The van der Waals surface area contributed by atoms with Gasteiger partial charge in [0, 0.05) is 6.42 Å². The SMILES string of the molecule is O=C(CCCCCN1CC[CH]CC1)c1ccoc1. The highest BCUT2D eigenvalue weighted by Gasteiger charge is 2.10. The smallest absolute Gasteiger partial charge is 0.166 e. The van der Waals surface area contributed by atoms with Crippen LogP contribution in [-0.4, -0.2) is 30.3 Å². The van der Waals surface area contributed by atoms with Gasteiger partial charge in [0.25, 0.3) is 0 Å². The number of likely N-dealkylation sites (tertiary alicyclic amines) is 1. The van der Waals surface area contributed by atoms with Crippen molar-refractivity contribution >= 4 is 5.78 Å². The Labute approximate surface area is 109 Å². The lowest BCUT2D eigenvalue weighted by Crippen LogP contribution is -2.30. The molecule has 0 saturated carbocycles. The van der Waals surface area contributed by atoms with Crippen LogP contribution in [0.15, 0.2) is 23.0 Å². The number of hydrogen-bond acceptors (Lipinski definition) is 3. The van der Waals surface area contributed by atoms with Gasteiger partial charge in [0.15, 0.2) is 5.78 Å². The highest BCUT2D eigenvalue weighted by molar-refractivity contribution is 5.95. The predicted octanol–water partition coefficient (Wildman–Crippen LogP) is 3.32. The third-order valence-corrected chi connectivity index (χ3v) is 3.52. The minimum Gasteiger partial charge on any atom is -0.472 e. The first-order valence-electron chi connectivity index (χ1n) is 6.95. The highest BCUT2D eigenvalue weighted by atomic mass is 16.3. The third-order valence-electron chi connectivity index (χ3n) is 3.52. The molecule has 99 valence electrons. The summed E-state index contributed by atoms with van der Waals surface area (Å²) < 4.78 is 4.91. The molecule has 0 N–H and O–H groups in total.